The highest BCUT2D eigenvalue weighted by Gasteiger charge is 2.26. The normalized spacial score (nSPS) is 14.2. The van der Waals surface area contributed by atoms with Crippen molar-refractivity contribution in [1.82, 2.24) is 20.0 Å². The van der Waals surface area contributed by atoms with Gasteiger partial charge in [-0.25, -0.2) is 4.39 Å². The Bertz CT molecular complexity index is 977. The number of carbonyl (C=O) groups is 2. The summed E-state index contributed by atoms with van der Waals surface area (Å²) in [6.45, 7) is 1.89. The van der Waals surface area contributed by atoms with Crippen LogP contribution in [0.4, 0.5) is 4.39 Å². The van der Waals surface area contributed by atoms with E-state index in [1.165, 1.54) is 12.1 Å². The minimum absolute atomic E-state index is 0.0205. The second-order valence-electron chi connectivity index (χ2n) is 6.62. The van der Waals surface area contributed by atoms with E-state index in [1.807, 2.05) is 18.2 Å². The van der Waals surface area contributed by atoms with Crippen molar-refractivity contribution in [2.75, 3.05) is 26.2 Å². The van der Waals surface area contributed by atoms with Crippen LogP contribution in [0.15, 0.2) is 60.7 Å². The zero-order valence-electron chi connectivity index (χ0n) is 15.1. The summed E-state index contributed by atoms with van der Waals surface area (Å²) in [5, 5.41) is 6.92. The van der Waals surface area contributed by atoms with Crippen LogP contribution in [0.2, 0.25) is 0 Å². The largest absolute Gasteiger partial charge is 0.335 e. The van der Waals surface area contributed by atoms with Crippen LogP contribution in [0.3, 0.4) is 0 Å². The van der Waals surface area contributed by atoms with Gasteiger partial charge in [-0.3, -0.25) is 14.7 Å². The Kier molecular flexibility index (Phi) is 4.89. The van der Waals surface area contributed by atoms with E-state index in [0.29, 0.717) is 43.1 Å². The summed E-state index contributed by atoms with van der Waals surface area (Å²) in [5.74, 6) is -0.501. The number of H-pyrrole nitrogens is 1. The smallest absolute Gasteiger partial charge is 0.272 e. The second kappa shape index (κ2) is 7.64. The van der Waals surface area contributed by atoms with E-state index in [-0.39, 0.29) is 17.6 Å². The van der Waals surface area contributed by atoms with Gasteiger partial charge in [0.1, 0.15) is 11.5 Å². The maximum Gasteiger partial charge on any atom is 0.272 e. The summed E-state index contributed by atoms with van der Waals surface area (Å²) in [6, 6.07) is 16.7. The van der Waals surface area contributed by atoms with Crippen molar-refractivity contribution in [1.29, 1.82) is 0 Å². The lowest BCUT2D eigenvalue weighted by molar-refractivity contribution is 0.0532. The summed E-state index contributed by atoms with van der Waals surface area (Å²) in [6.07, 6.45) is 0. The van der Waals surface area contributed by atoms with Crippen molar-refractivity contribution >= 4 is 11.8 Å². The number of aromatic nitrogens is 2. The van der Waals surface area contributed by atoms with E-state index in [0.717, 1.165) is 5.56 Å². The molecule has 0 saturated carbocycles. The number of benzene rings is 2. The molecule has 4 rings (SSSR count). The topological polar surface area (TPSA) is 69.3 Å². The number of halogens is 1. The Morgan fingerprint density at radius 3 is 2.11 bits per heavy atom. The zero-order valence-corrected chi connectivity index (χ0v) is 15.1. The van der Waals surface area contributed by atoms with E-state index >= 15 is 0 Å². The van der Waals surface area contributed by atoms with Crippen LogP contribution in [0.5, 0.6) is 0 Å². The minimum Gasteiger partial charge on any atom is -0.335 e. The fourth-order valence-electron chi connectivity index (χ4n) is 3.25. The SMILES string of the molecule is O=C(c1ccccc1)N1CCN(C(=O)c2cc(-c3ccc(F)cc3)n[nH]2)CC1. The summed E-state index contributed by atoms with van der Waals surface area (Å²) >= 11 is 0. The van der Waals surface area contributed by atoms with Crippen LogP contribution < -0.4 is 0 Å². The van der Waals surface area contributed by atoms with Gasteiger partial charge in [0.05, 0.1) is 5.69 Å². The van der Waals surface area contributed by atoms with Gasteiger partial charge < -0.3 is 9.80 Å². The number of nitrogens with one attached hydrogen (secondary N) is 1. The Morgan fingerprint density at radius 1 is 0.857 bits per heavy atom. The summed E-state index contributed by atoms with van der Waals surface area (Å²) < 4.78 is 13.1. The van der Waals surface area contributed by atoms with Gasteiger partial charge in [-0.2, -0.15) is 5.10 Å². The number of hydrogen-bond acceptors (Lipinski definition) is 3. The lowest BCUT2D eigenvalue weighted by Gasteiger charge is -2.34. The minimum atomic E-state index is -0.321. The number of hydrogen-bond donors (Lipinski definition) is 1. The molecule has 2 aromatic carbocycles. The lowest BCUT2D eigenvalue weighted by Crippen LogP contribution is -2.50. The molecule has 6 nitrogen and oxygen atoms in total. The molecule has 0 unspecified atom stereocenters. The number of aromatic amines is 1. The monoisotopic (exact) mass is 378 g/mol. The number of carbonyl (C=O) groups excluding carboxylic acids is 2. The predicted octanol–water partition coefficient (Wildman–Crippen LogP) is 2.81. The van der Waals surface area contributed by atoms with Gasteiger partial charge in [0.25, 0.3) is 11.8 Å². The highest BCUT2D eigenvalue weighted by Crippen LogP contribution is 2.19. The first-order valence-electron chi connectivity index (χ1n) is 9.07. The third-order valence-electron chi connectivity index (χ3n) is 4.82. The first-order valence-corrected chi connectivity index (χ1v) is 9.07. The van der Waals surface area contributed by atoms with Crippen LogP contribution in [0, 0.1) is 5.82 Å². The van der Waals surface area contributed by atoms with Crippen molar-refractivity contribution in [2.24, 2.45) is 0 Å². The molecule has 28 heavy (non-hydrogen) atoms. The van der Waals surface area contributed by atoms with Crippen LogP contribution in [0.1, 0.15) is 20.8 Å². The van der Waals surface area contributed by atoms with E-state index in [1.54, 1.807) is 40.1 Å². The number of piperazine rings is 1. The maximum atomic E-state index is 13.1. The fourth-order valence-corrected chi connectivity index (χ4v) is 3.25. The van der Waals surface area contributed by atoms with Gasteiger partial charge in [-0.05, 0) is 42.5 Å². The van der Waals surface area contributed by atoms with E-state index in [4.69, 9.17) is 0 Å². The van der Waals surface area contributed by atoms with E-state index in [9.17, 15) is 14.0 Å². The Hall–Kier alpha value is -3.48. The van der Waals surface area contributed by atoms with Crippen LogP contribution >= 0.6 is 0 Å². The molecule has 0 atom stereocenters. The molecule has 2 amide bonds. The summed E-state index contributed by atoms with van der Waals surface area (Å²) in [7, 11) is 0. The van der Waals surface area contributed by atoms with E-state index in [2.05, 4.69) is 10.2 Å². The molecule has 7 heteroatoms. The Morgan fingerprint density at radius 2 is 1.46 bits per heavy atom. The summed E-state index contributed by atoms with van der Waals surface area (Å²) in [4.78, 5) is 28.7. The number of rotatable bonds is 3. The zero-order chi connectivity index (χ0) is 19.5. The van der Waals surface area contributed by atoms with Crippen LogP contribution in [-0.2, 0) is 0 Å². The van der Waals surface area contributed by atoms with Gasteiger partial charge in [-0.15, -0.1) is 0 Å². The molecule has 1 aromatic heterocycles. The molecule has 1 aliphatic rings. The fraction of sp³-hybridized carbons (Fsp3) is 0.190. The highest BCUT2D eigenvalue weighted by molar-refractivity contribution is 5.95. The molecular weight excluding hydrogens is 359 g/mol. The van der Waals surface area contributed by atoms with Gasteiger partial charge in [0.2, 0.25) is 0 Å². The Balaban J connectivity index is 1.39. The quantitative estimate of drug-likeness (QED) is 0.762. The first-order chi connectivity index (χ1) is 13.6. The molecule has 2 heterocycles. The first kappa shape index (κ1) is 17.9. The van der Waals surface area contributed by atoms with Crippen molar-refractivity contribution in [3.05, 3.63) is 77.7 Å². The molecule has 0 radical (unpaired) electrons. The van der Waals surface area contributed by atoms with Crippen molar-refractivity contribution in [2.45, 2.75) is 0 Å². The molecule has 0 bridgehead atoms. The van der Waals surface area contributed by atoms with E-state index < -0.39 is 0 Å². The molecular formula is C21H19FN4O2. The maximum absolute atomic E-state index is 13.1. The molecule has 1 N–H and O–H groups in total. The molecule has 1 aliphatic heterocycles. The molecule has 0 aliphatic carbocycles. The highest BCUT2D eigenvalue weighted by atomic mass is 19.1. The standard InChI is InChI=1S/C21H19FN4O2/c22-17-8-6-15(7-9-17)18-14-19(24-23-18)21(28)26-12-10-25(11-13-26)20(27)16-4-2-1-3-5-16/h1-9,14H,10-13H2,(H,23,24). The van der Waals surface area contributed by atoms with Crippen molar-refractivity contribution in [3.63, 3.8) is 0 Å². The molecule has 3 aromatic rings. The molecule has 0 spiro atoms. The van der Waals surface area contributed by atoms with Crippen LogP contribution in [0.25, 0.3) is 11.3 Å². The van der Waals surface area contributed by atoms with Crippen LogP contribution in [-0.4, -0.2) is 58.0 Å². The number of nitrogens with zero attached hydrogens (tertiary/aromatic N) is 3. The summed E-state index contributed by atoms with van der Waals surface area (Å²) in [5.41, 5.74) is 2.35. The van der Waals surface area contributed by atoms with Gasteiger partial charge in [-0.1, -0.05) is 18.2 Å². The predicted molar refractivity (Wildman–Crippen MR) is 102 cm³/mol. The molecule has 1 saturated heterocycles. The Labute approximate surface area is 161 Å². The third kappa shape index (κ3) is 3.64. The van der Waals surface area contributed by atoms with Gasteiger partial charge in [0, 0.05) is 37.3 Å². The lowest BCUT2D eigenvalue weighted by atomic mass is 10.1. The number of amides is 2. The third-order valence-corrected chi connectivity index (χ3v) is 4.82. The second-order valence-corrected chi connectivity index (χ2v) is 6.62. The average Bonchev–Trinajstić information content (AvgIpc) is 3.24. The van der Waals surface area contributed by atoms with Crippen molar-refractivity contribution < 1.29 is 14.0 Å². The molecule has 1 fully saturated rings. The molecule has 142 valence electrons. The average molecular weight is 378 g/mol. The van der Waals surface area contributed by atoms with Gasteiger partial charge >= 0.3 is 0 Å². The van der Waals surface area contributed by atoms with Gasteiger partial charge in [0.15, 0.2) is 0 Å². The van der Waals surface area contributed by atoms with Crippen molar-refractivity contribution in [3.8, 4) is 11.3 Å².